The number of rotatable bonds is 3. The van der Waals surface area contributed by atoms with Crippen molar-refractivity contribution >= 4 is 11.9 Å². The molecule has 1 amide bonds. The number of guanidine groups is 1. The fourth-order valence-electron chi connectivity index (χ4n) is 2.49. The molecule has 0 saturated carbocycles. The van der Waals surface area contributed by atoms with Crippen LogP contribution in [0.4, 0.5) is 0 Å². The molecule has 1 N–H and O–H groups in total. The van der Waals surface area contributed by atoms with Crippen LogP contribution in [0.15, 0.2) is 23.3 Å². The molecule has 0 bridgehead atoms. The number of aryl methyl sites for hydroxylation is 1. The average Bonchev–Trinajstić information content (AvgIpc) is 2.53. The van der Waals surface area contributed by atoms with E-state index in [0.29, 0.717) is 6.54 Å². The van der Waals surface area contributed by atoms with E-state index in [0.717, 1.165) is 49.9 Å². The summed E-state index contributed by atoms with van der Waals surface area (Å²) in [6, 6.07) is 3.99. The van der Waals surface area contributed by atoms with Crippen LogP contribution >= 0.6 is 0 Å². The quantitative estimate of drug-likeness (QED) is 0.669. The molecular formula is C16H25N5O. The van der Waals surface area contributed by atoms with Crippen LogP contribution in [0, 0.1) is 6.92 Å². The molecule has 1 fully saturated rings. The zero-order chi connectivity index (χ0) is 15.9. The lowest BCUT2D eigenvalue weighted by atomic mass is 10.2. The summed E-state index contributed by atoms with van der Waals surface area (Å²) < 4.78 is 0. The third-order valence-electron chi connectivity index (χ3n) is 3.86. The Labute approximate surface area is 132 Å². The lowest BCUT2D eigenvalue weighted by molar-refractivity contribution is -0.130. The highest BCUT2D eigenvalue weighted by atomic mass is 16.2. The van der Waals surface area contributed by atoms with Crippen molar-refractivity contribution < 1.29 is 4.79 Å². The Balaban J connectivity index is 2.02. The van der Waals surface area contributed by atoms with Crippen molar-refractivity contribution in [3.63, 3.8) is 0 Å². The van der Waals surface area contributed by atoms with Gasteiger partial charge in [0, 0.05) is 45.8 Å². The topological polar surface area (TPSA) is 60.8 Å². The van der Waals surface area contributed by atoms with Gasteiger partial charge in [0.2, 0.25) is 5.91 Å². The minimum absolute atomic E-state index is 0.144. The summed E-state index contributed by atoms with van der Waals surface area (Å²) in [7, 11) is 0. The second-order valence-corrected chi connectivity index (χ2v) is 5.43. The fraction of sp³-hybridized carbons (Fsp3) is 0.562. The Hall–Kier alpha value is -2.11. The largest absolute Gasteiger partial charge is 0.357 e. The molecule has 0 unspecified atom stereocenters. The Morgan fingerprint density at radius 3 is 2.59 bits per heavy atom. The molecule has 6 heteroatoms. The second kappa shape index (κ2) is 7.77. The maximum atomic E-state index is 11.4. The summed E-state index contributed by atoms with van der Waals surface area (Å²) in [6.45, 7) is 10.3. The van der Waals surface area contributed by atoms with Crippen LogP contribution in [0.1, 0.15) is 25.1 Å². The number of aromatic nitrogens is 1. The first-order valence-corrected chi connectivity index (χ1v) is 7.81. The highest BCUT2D eigenvalue weighted by Gasteiger charge is 2.20. The molecule has 0 aliphatic carbocycles. The summed E-state index contributed by atoms with van der Waals surface area (Å²) in [5.41, 5.74) is 2.16. The zero-order valence-electron chi connectivity index (χ0n) is 13.7. The van der Waals surface area contributed by atoms with Crippen molar-refractivity contribution in [1.82, 2.24) is 20.1 Å². The van der Waals surface area contributed by atoms with E-state index in [1.165, 1.54) is 0 Å². The van der Waals surface area contributed by atoms with Gasteiger partial charge >= 0.3 is 0 Å². The fourth-order valence-corrected chi connectivity index (χ4v) is 2.49. The van der Waals surface area contributed by atoms with Crippen LogP contribution in [-0.4, -0.2) is 59.4 Å². The Morgan fingerprint density at radius 1 is 1.32 bits per heavy atom. The monoisotopic (exact) mass is 303 g/mol. The van der Waals surface area contributed by atoms with Gasteiger partial charge in [0.25, 0.3) is 0 Å². The van der Waals surface area contributed by atoms with E-state index >= 15 is 0 Å². The molecule has 0 radical (unpaired) electrons. The molecule has 6 nitrogen and oxygen atoms in total. The maximum Gasteiger partial charge on any atom is 0.219 e. The van der Waals surface area contributed by atoms with Crippen molar-refractivity contribution in [3.8, 4) is 0 Å². The number of hydrogen-bond acceptors (Lipinski definition) is 3. The molecule has 1 aliphatic heterocycles. The molecule has 0 atom stereocenters. The number of nitrogens with one attached hydrogen (secondary N) is 1. The third-order valence-corrected chi connectivity index (χ3v) is 3.86. The van der Waals surface area contributed by atoms with Gasteiger partial charge < -0.3 is 15.1 Å². The molecule has 1 aromatic rings. The molecule has 1 saturated heterocycles. The molecule has 2 rings (SSSR count). The summed E-state index contributed by atoms with van der Waals surface area (Å²) in [5.74, 6) is 1.04. The average molecular weight is 303 g/mol. The van der Waals surface area contributed by atoms with Crippen LogP contribution in [-0.2, 0) is 11.3 Å². The van der Waals surface area contributed by atoms with Crippen molar-refractivity contribution in [2.45, 2.75) is 27.3 Å². The first-order valence-electron chi connectivity index (χ1n) is 7.81. The lowest BCUT2D eigenvalue weighted by Crippen LogP contribution is -2.53. The Bertz CT molecular complexity index is 535. The van der Waals surface area contributed by atoms with E-state index in [9.17, 15) is 4.79 Å². The van der Waals surface area contributed by atoms with Gasteiger partial charge in [-0.1, -0.05) is 6.07 Å². The van der Waals surface area contributed by atoms with Crippen LogP contribution in [0.3, 0.4) is 0 Å². The van der Waals surface area contributed by atoms with Crippen LogP contribution in [0.2, 0.25) is 0 Å². The smallest absolute Gasteiger partial charge is 0.219 e. The van der Waals surface area contributed by atoms with E-state index in [2.05, 4.69) is 35.1 Å². The van der Waals surface area contributed by atoms with Crippen molar-refractivity contribution in [2.75, 3.05) is 32.7 Å². The molecular weight excluding hydrogens is 278 g/mol. The molecule has 1 aliphatic rings. The van der Waals surface area contributed by atoms with Gasteiger partial charge in [0.05, 0.1) is 12.2 Å². The predicted octanol–water partition coefficient (Wildman–Crippen LogP) is 1.02. The summed E-state index contributed by atoms with van der Waals surface area (Å²) in [6.07, 6.45) is 1.80. The zero-order valence-corrected chi connectivity index (χ0v) is 13.7. The molecule has 1 aromatic heterocycles. The van der Waals surface area contributed by atoms with E-state index < -0.39 is 0 Å². The Kier molecular flexibility index (Phi) is 5.75. The van der Waals surface area contributed by atoms with E-state index in [-0.39, 0.29) is 5.91 Å². The van der Waals surface area contributed by atoms with Gasteiger partial charge in [-0.2, -0.15) is 0 Å². The number of hydrogen-bond donors (Lipinski definition) is 1. The van der Waals surface area contributed by atoms with E-state index in [1.807, 2.05) is 11.0 Å². The summed E-state index contributed by atoms with van der Waals surface area (Å²) in [4.78, 5) is 24.6. The first kappa shape index (κ1) is 16.3. The number of aliphatic imine (C=N–C) groups is 1. The van der Waals surface area contributed by atoms with Gasteiger partial charge in [-0.3, -0.25) is 9.78 Å². The Morgan fingerprint density at radius 2 is 2.00 bits per heavy atom. The predicted molar refractivity (Wildman–Crippen MR) is 87.6 cm³/mol. The van der Waals surface area contributed by atoms with E-state index in [1.54, 1.807) is 13.1 Å². The van der Waals surface area contributed by atoms with Gasteiger partial charge in [-0.05, 0) is 25.5 Å². The molecule has 2 heterocycles. The van der Waals surface area contributed by atoms with Gasteiger partial charge in [-0.15, -0.1) is 0 Å². The normalized spacial score (nSPS) is 15.9. The maximum absolute atomic E-state index is 11.4. The number of carbonyl (C=O) groups excluding carboxylic acids is 1. The number of amides is 1. The first-order chi connectivity index (χ1) is 10.6. The highest BCUT2D eigenvalue weighted by molar-refractivity contribution is 5.80. The van der Waals surface area contributed by atoms with Gasteiger partial charge in [0.1, 0.15) is 0 Å². The van der Waals surface area contributed by atoms with Crippen LogP contribution in [0.5, 0.6) is 0 Å². The third kappa shape index (κ3) is 4.19. The second-order valence-electron chi connectivity index (χ2n) is 5.43. The molecule has 0 aromatic carbocycles. The van der Waals surface area contributed by atoms with Gasteiger partial charge in [0.15, 0.2) is 5.96 Å². The number of pyridine rings is 1. The minimum atomic E-state index is 0.144. The number of piperazine rings is 1. The SMILES string of the molecule is CCNC(=NCc1ncccc1C)N1CCN(C(C)=O)CC1. The lowest BCUT2D eigenvalue weighted by Gasteiger charge is -2.36. The molecule has 22 heavy (non-hydrogen) atoms. The minimum Gasteiger partial charge on any atom is -0.357 e. The molecule has 120 valence electrons. The standard InChI is InChI=1S/C16H25N5O/c1-4-17-16(19-12-15-13(2)6-5-7-18-15)21-10-8-20(9-11-21)14(3)22/h5-7H,4,8-12H2,1-3H3,(H,17,19). The van der Waals surface area contributed by atoms with Crippen molar-refractivity contribution in [3.05, 3.63) is 29.6 Å². The highest BCUT2D eigenvalue weighted by Crippen LogP contribution is 2.07. The number of carbonyl (C=O) groups is 1. The summed E-state index contributed by atoms with van der Waals surface area (Å²) >= 11 is 0. The summed E-state index contributed by atoms with van der Waals surface area (Å²) in [5, 5.41) is 3.33. The van der Waals surface area contributed by atoms with E-state index in [4.69, 9.17) is 4.99 Å². The molecule has 0 spiro atoms. The van der Waals surface area contributed by atoms with Crippen LogP contribution < -0.4 is 5.32 Å². The van der Waals surface area contributed by atoms with Crippen LogP contribution in [0.25, 0.3) is 0 Å². The van der Waals surface area contributed by atoms with Crippen molar-refractivity contribution in [1.29, 1.82) is 0 Å². The number of nitrogens with zero attached hydrogens (tertiary/aromatic N) is 4. The van der Waals surface area contributed by atoms with Crippen molar-refractivity contribution in [2.24, 2.45) is 4.99 Å². The van der Waals surface area contributed by atoms with Gasteiger partial charge in [-0.25, -0.2) is 4.99 Å².